The van der Waals surface area contributed by atoms with Crippen molar-refractivity contribution < 1.29 is 4.79 Å². The van der Waals surface area contributed by atoms with Gasteiger partial charge in [-0.25, -0.2) is 10.9 Å². The predicted octanol–water partition coefficient (Wildman–Crippen LogP) is 1.53. The molecule has 0 spiro atoms. The highest BCUT2D eigenvalue weighted by Crippen LogP contribution is 2.07. The van der Waals surface area contributed by atoms with E-state index >= 15 is 0 Å². The molecule has 0 aliphatic carbocycles. The smallest absolute Gasteiger partial charge is 0.292 e. The van der Waals surface area contributed by atoms with E-state index in [9.17, 15) is 4.79 Å². The van der Waals surface area contributed by atoms with E-state index in [1.54, 1.807) is 29.5 Å². The monoisotopic (exact) mass is 292 g/mol. The Morgan fingerprint density at radius 2 is 2.26 bits per heavy atom. The van der Waals surface area contributed by atoms with Crippen LogP contribution in [-0.2, 0) is 6.54 Å². The molecule has 0 aliphatic rings. The highest BCUT2D eigenvalue weighted by molar-refractivity contribution is 7.80. The zero-order valence-corrected chi connectivity index (χ0v) is 11.6. The topological polar surface area (TPSA) is 71.2 Å². The van der Waals surface area contributed by atoms with Crippen LogP contribution in [-0.4, -0.2) is 21.0 Å². The van der Waals surface area contributed by atoms with Crippen LogP contribution in [0.5, 0.6) is 0 Å². The number of rotatable bonds is 3. The third kappa shape index (κ3) is 3.57. The summed E-state index contributed by atoms with van der Waals surface area (Å²) in [6.45, 7) is 0.541. The van der Waals surface area contributed by atoms with E-state index in [1.165, 1.54) is 6.20 Å². The number of aromatic nitrogens is 1. The fraction of sp³-hybridized carbons (Fsp3) is 0.0833. The van der Waals surface area contributed by atoms with Crippen LogP contribution in [0.1, 0.15) is 15.4 Å². The van der Waals surface area contributed by atoms with Crippen LogP contribution in [0.25, 0.3) is 0 Å². The predicted molar refractivity (Wildman–Crippen MR) is 78.4 cm³/mol. The molecule has 1 amide bonds. The van der Waals surface area contributed by atoms with Crippen LogP contribution in [0.4, 0.5) is 0 Å². The maximum atomic E-state index is 12.0. The number of carbonyl (C=O) groups excluding carboxylic acids is 1. The minimum atomic E-state index is -0.440. The second-order valence-electron chi connectivity index (χ2n) is 3.63. The maximum absolute atomic E-state index is 12.0. The molecule has 2 heterocycles. The van der Waals surface area contributed by atoms with Crippen molar-refractivity contribution in [1.82, 2.24) is 15.3 Å². The number of hydrazine groups is 1. The van der Waals surface area contributed by atoms with E-state index in [-0.39, 0.29) is 10.8 Å². The van der Waals surface area contributed by atoms with E-state index in [0.717, 1.165) is 9.89 Å². The minimum Gasteiger partial charge on any atom is -0.356 e. The van der Waals surface area contributed by atoms with Gasteiger partial charge in [-0.3, -0.25) is 9.78 Å². The Labute approximate surface area is 120 Å². The lowest BCUT2D eigenvalue weighted by molar-refractivity contribution is 0.0840. The van der Waals surface area contributed by atoms with Gasteiger partial charge in [0.1, 0.15) is 5.69 Å². The summed E-state index contributed by atoms with van der Waals surface area (Å²) in [6, 6.07) is 8.96. The van der Waals surface area contributed by atoms with Crippen molar-refractivity contribution in [1.29, 1.82) is 0 Å². The van der Waals surface area contributed by atoms with Crippen molar-refractivity contribution in [3.8, 4) is 0 Å². The van der Waals surface area contributed by atoms with E-state index in [2.05, 4.69) is 10.3 Å². The number of carbonyl (C=O) groups is 1. The molecule has 7 heteroatoms. The third-order valence-corrected chi connectivity index (χ3v) is 3.53. The average molecular weight is 292 g/mol. The first-order valence-electron chi connectivity index (χ1n) is 5.49. The number of pyridine rings is 1. The Morgan fingerprint density at radius 1 is 1.42 bits per heavy atom. The van der Waals surface area contributed by atoms with Crippen molar-refractivity contribution >= 4 is 34.6 Å². The maximum Gasteiger partial charge on any atom is 0.292 e. The normalized spacial score (nSPS) is 9.95. The fourth-order valence-corrected chi connectivity index (χ4v) is 2.17. The number of thiophene rings is 1. The lowest BCUT2D eigenvalue weighted by Gasteiger charge is -2.17. The largest absolute Gasteiger partial charge is 0.356 e. The Morgan fingerprint density at radius 3 is 2.89 bits per heavy atom. The van der Waals surface area contributed by atoms with Gasteiger partial charge in [0.2, 0.25) is 0 Å². The first-order chi connectivity index (χ1) is 9.18. The Kier molecular flexibility index (Phi) is 4.56. The van der Waals surface area contributed by atoms with Gasteiger partial charge >= 0.3 is 0 Å². The summed E-state index contributed by atoms with van der Waals surface area (Å²) in [4.78, 5) is 17.0. The second-order valence-corrected chi connectivity index (χ2v) is 5.05. The van der Waals surface area contributed by atoms with Crippen LogP contribution in [0, 0.1) is 0 Å². The molecule has 19 heavy (non-hydrogen) atoms. The second kappa shape index (κ2) is 6.37. The number of nitrogens with one attached hydrogen (secondary N) is 1. The highest BCUT2D eigenvalue weighted by atomic mass is 32.1. The van der Waals surface area contributed by atoms with Gasteiger partial charge in [-0.15, -0.1) is 11.3 Å². The van der Waals surface area contributed by atoms with Gasteiger partial charge < -0.3 is 5.32 Å². The lowest BCUT2D eigenvalue weighted by atomic mass is 10.3. The molecule has 2 aromatic heterocycles. The van der Waals surface area contributed by atoms with Gasteiger partial charge in [0, 0.05) is 11.1 Å². The number of nitrogens with zero attached hydrogens (tertiary/aromatic N) is 2. The highest BCUT2D eigenvalue weighted by Gasteiger charge is 2.17. The van der Waals surface area contributed by atoms with Crippen molar-refractivity contribution in [2.24, 2.45) is 5.84 Å². The molecule has 0 unspecified atom stereocenters. The Hall–Kier alpha value is -1.83. The molecule has 0 atom stereocenters. The van der Waals surface area contributed by atoms with Crippen LogP contribution >= 0.6 is 23.6 Å². The third-order valence-electron chi connectivity index (χ3n) is 2.32. The summed E-state index contributed by atoms with van der Waals surface area (Å²) in [6.07, 6.45) is 1.53. The molecule has 98 valence electrons. The van der Waals surface area contributed by atoms with Crippen LogP contribution < -0.4 is 11.2 Å². The van der Waals surface area contributed by atoms with Crippen molar-refractivity contribution in [3.63, 3.8) is 0 Å². The number of thiocarbonyl (C=S) groups is 1. The summed E-state index contributed by atoms with van der Waals surface area (Å²) < 4.78 is 0. The van der Waals surface area contributed by atoms with Crippen molar-refractivity contribution in [2.75, 3.05) is 0 Å². The molecule has 0 aromatic carbocycles. The molecule has 3 N–H and O–H groups in total. The van der Waals surface area contributed by atoms with Crippen molar-refractivity contribution in [2.45, 2.75) is 6.54 Å². The van der Waals surface area contributed by atoms with Crippen molar-refractivity contribution in [3.05, 3.63) is 52.5 Å². The molecule has 0 radical (unpaired) electrons. The standard InChI is InChI=1S/C12H12N4OS2/c13-16(11(17)10-5-1-2-6-14-10)12(18)15-8-9-4-3-7-19-9/h1-7H,8,13H2,(H,15,18). The summed E-state index contributed by atoms with van der Waals surface area (Å²) in [5.41, 5.74) is 0.255. The van der Waals surface area contributed by atoms with Gasteiger partial charge in [0.05, 0.1) is 6.54 Å². The SMILES string of the molecule is NN(C(=O)c1ccccn1)C(=S)NCc1cccs1. The zero-order valence-electron chi connectivity index (χ0n) is 9.95. The van der Waals surface area contributed by atoms with Gasteiger partial charge in [0.25, 0.3) is 5.91 Å². The number of hydrogen-bond donors (Lipinski definition) is 2. The van der Waals surface area contributed by atoms with Crippen LogP contribution in [0.15, 0.2) is 41.9 Å². The van der Waals surface area contributed by atoms with Gasteiger partial charge in [-0.05, 0) is 35.8 Å². The lowest BCUT2D eigenvalue weighted by Crippen LogP contribution is -2.48. The molecule has 0 bridgehead atoms. The molecule has 0 fully saturated rings. The van der Waals surface area contributed by atoms with Gasteiger partial charge in [-0.2, -0.15) is 0 Å². The zero-order chi connectivity index (χ0) is 13.7. The van der Waals surface area contributed by atoms with E-state index in [4.69, 9.17) is 18.1 Å². The van der Waals surface area contributed by atoms with Crippen LogP contribution in [0.3, 0.4) is 0 Å². The molecule has 2 rings (SSSR count). The number of hydrogen-bond acceptors (Lipinski definition) is 5. The van der Waals surface area contributed by atoms with Gasteiger partial charge in [-0.1, -0.05) is 12.1 Å². The summed E-state index contributed by atoms with van der Waals surface area (Å²) in [5, 5.41) is 5.97. The summed E-state index contributed by atoms with van der Waals surface area (Å²) in [7, 11) is 0. The van der Waals surface area contributed by atoms with Crippen LogP contribution in [0.2, 0.25) is 0 Å². The Balaban J connectivity index is 1.93. The number of nitrogens with two attached hydrogens (primary N) is 1. The molecule has 0 aliphatic heterocycles. The first-order valence-corrected chi connectivity index (χ1v) is 6.77. The average Bonchev–Trinajstić information content (AvgIpc) is 2.97. The quantitative estimate of drug-likeness (QED) is 0.388. The molecule has 2 aromatic rings. The van der Waals surface area contributed by atoms with E-state index < -0.39 is 5.91 Å². The molecule has 0 saturated carbocycles. The van der Waals surface area contributed by atoms with E-state index in [0.29, 0.717) is 6.54 Å². The van der Waals surface area contributed by atoms with Gasteiger partial charge in [0.15, 0.2) is 5.11 Å². The van der Waals surface area contributed by atoms with E-state index in [1.807, 2.05) is 17.5 Å². The number of amides is 1. The first kappa shape index (κ1) is 13.6. The Bertz CT molecular complexity index is 556. The molecule has 5 nitrogen and oxygen atoms in total. The fourth-order valence-electron chi connectivity index (χ4n) is 1.37. The summed E-state index contributed by atoms with van der Waals surface area (Å²) in [5.74, 6) is 5.24. The molecular formula is C12H12N4OS2. The molecular weight excluding hydrogens is 280 g/mol. The molecule has 0 saturated heterocycles. The minimum absolute atomic E-state index is 0.170. The summed E-state index contributed by atoms with van der Waals surface area (Å²) >= 11 is 6.67.